The predicted octanol–water partition coefficient (Wildman–Crippen LogP) is 2.84. The zero-order chi connectivity index (χ0) is 19.8. The molecule has 1 amide bonds. The van der Waals surface area contributed by atoms with Crippen LogP contribution in [0.5, 0.6) is 5.75 Å². The van der Waals surface area contributed by atoms with E-state index in [1.54, 1.807) is 7.11 Å². The summed E-state index contributed by atoms with van der Waals surface area (Å²) in [5.74, 6) is 1.95. The number of rotatable bonds is 4. The second-order valence-corrected chi connectivity index (χ2v) is 7.78. The van der Waals surface area contributed by atoms with E-state index in [2.05, 4.69) is 5.32 Å². The predicted molar refractivity (Wildman–Crippen MR) is 111 cm³/mol. The number of nitrogens with zero attached hydrogens (tertiary/aromatic N) is 3. The molecule has 2 aliphatic heterocycles. The van der Waals surface area contributed by atoms with Gasteiger partial charge >= 0.3 is 0 Å². The van der Waals surface area contributed by atoms with Crippen LogP contribution in [0.15, 0.2) is 60.7 Å². The highest BCUT2D eigenvalue weighted by Crippen LogP contribution is 2.30. The Morgan fingerprint density at radius 2 is 1.72 bits per heavy atom. The smallest absolute Gasteiger partial charge is 0.274 e. The third-order valence-electron chi connectivity index (χ3n) is 5.99. The van der Waals surface area contributed by atoms with Crippen LogP contribution in [0.3, 0.4) is 0 Å². The Kier molecular flexibility index (Phi) is 4.56. The first-order valence-electron chi connectivity index (χ1n) is 10.0. The van der Waals surface area contributed by atoms with E-state index >= 15 is 0 Å². The van der Waals surface area contributed by atoms with Crippen LogP contribution in [0.25, 0.3) is 16.9 Å². The molecule has 3 aromatic rings. The zero-order valence-corrected chi connectivity index (χ0v) is 16.4. The maximum atomic E-state index is 13.2. The number of carbonyl (C=O) groups is 1. The number of hydrogen-bond acceptors (Lipinski definition) is 4. The monoisotopic (exact) mass is 388 g/mol. The molecule has 0 aliphatic carbocycles. The minimum absolute atomic E-state index is 0.0174. The Labute approximate surface area is 170 Å². The number of aromatic nitrogens is 2. The summed E-state index contributed by atoms with van der Waals surface area (Å²) in [5.41, 5.74) is 3.31. The fourth-order valence-electron chi connectivity index (χ4n) is 4.40. The molecule has 0 bridgehead atoms. The van der Waals surface area contributed by atoms with Gasteiger partial charge < -0.3 is 15.0 Å². The molecule has 2 aromatic carbocycles. The van der Waals surface area contributed by atoms with Crippen LogP contribution in [-0.2, 0) is 0 Å². The summed E-state index contributed by atoms with van der Waals surface area (Å²) < 4.78 is 7.13. The number of benzene rings is 2. The van der Waals surface area contributed by atoms with Crippen LogP contribution in [0, 0.1) is 11.8 Å². The number of para-hydroxylation sites is 1. The minimum Gasteiger partial charge on any atom is -0.497 e. The van der Waals surface area contributed by atoms with Gasteiger partial charge in [0.1, 0.15) is 5.75 Å². The van der Waals surface area contributed by atoms with Crippen molar-refractivity contribution in [1.29, 1.82) is 0 Å². The molecule has 1 aromatic heterocycles. The van der Waals surface area contributed by atoms with Crippen LogP contribution in [0.2, 0.25) is 0 Å². The number of carbonyl (C=O) groups excluding carboxylic acids is 1. The van der Waals surface area contributed by atoms with Crippen molar-refractivity contribution in [3.8, 4) is 22.7 Å². The van der Waals surface area contributed by atoms with Gasteiger partial charge in [-0.3, -0.25) is 4.79 Å². The van der Waals surface area contributed by atoms with Gasteiger partial charge in [0.25, 0.3) is 5.91 Å². The molecule has 29 heavy (non-hydrogen) atoms. The van der Waals surface area contributed by atoms with Crippen molar-refractivity contribution < 1.29 is 9.53 Å². The van der Waals surface area contributed by atoms with Crippen LogP contribution in [-0.4, -0.2) is 53.9 Å². The number of nitrogens with one attached hydrogen (secondary N) is 1. The minimum atomic E-state index is 0.0174. The molecule has 0 spiro atoms. The lowest BCUT2D eigenvalue weighted by atomic mass is 10.0. The lowest BCUT2D eigenvalue weighted by Gasteiger charge is -2.15. The first-order chi connectivity index (χ1) is 14.2. The van der Waals surface area contributed by atoms with Crippen LogP contribution in [0.4, 0.5) is 0 Å². The van der Waals surface area contributed by atoms with Gasteiger partial charge in [0.2, 0.25) is 0 Å². The van der Waals surface area contributed by atoms with E-state index in [0.29, 0.717) is 17.5 Å². The highest BCUT2D eigenvalue weighted by molar-refractivity contribution is 5.94. The summed E-state index contributed by atoms with van der Waals surface area (Å²) >= 11 is 0. The van der Waals surface area contributed by atoms with Crippen molar-refractivity contribution in [1.82, 2.24) is 20.0 Å². The van der Waals surface area contributed by atoms with Crippen LogP contribution < -0.4 is 10.1 Å². The Morgan fingerprint density at radius 1 is 1.03 bits per heavy atom. The van der Waals surface area contributed by atoms with Crippen molar-refractivity contribution in [3.63, 3.8) is 0 Å². The maximum Gasteiger partial charge on any atom is 0.274 e. The summed E-state index contributed by atoms with van der Waals surface area (Å²) in [4.78, 5) is 15.2. The van der Waals surface area contributed by atoms with Gasteiger partial charge in [0.05, 0.1) is 18.5 Å². The number of fused-ring (bicyclic) bond motifs is 1. The number of hydrogen-bond donors (Lipinski definition) is 1. The van der Waals surface area contributed by atoms with Crippen molar-refractivity contribution in [2.45, 2.75) is 0 Å². The second kappa shape index (κ2) is 7.37. The van der Waals surface area contributed by atoms with Gasteiger partial charge in [0, 0.05) is 31.7 Å². The highest BCUT2D eigenvalue weighted by Gasteiger charge is 2.39. The molecular formula is C23H24N4O2. The molecule has 6 nitrogen and oxygen atoms in total. The molecule has 5 rings (SSSR count). The standard InChI is InChI=1S/C23H24N4O2/c1-29-20-9-7-16(8-10-20)22-11-21(25-27(22)19-5-3-2-4-6-19)23(28)26-14-17-12-24-13-18(17)15-26/h2-11,17-18,24H,12-15H2,1H3/t17-,18+. The molecule has 2 saturated heterocycles. The van der Waals surface area contributed by atoms with E-state index in [4.69, 9.17) is 9.84 Å². The van der Waals surface area contributed by atoms with Gasteiger partial charge in [-0.25, -0.2) is 4.68 Å². The Hall–Kier alpha value is -3.12. The molecule has 2 atom stereocenters. The van der Waals surface area contributed by atoms with E-state index < -0.39 is 0 Å². The normalized spacial score (nSPS) is 20.7. The number of likely N-dealkylation sites (tertiary alicyclic amines) is 1. The molecular weight excluding hydrogens is 364 g/mol. The van der Waals surface area contributed by atoms with Crippen molar-refractivity contribution in [2.75, 3.05) is 33.3 Å². The molecule has 2 fully saturated rings. The average molecular weight is 388 g/mol. The van der Waals surface area contributed by atoms with Crippen molar-refractivity contribution in [2.24, 2.45) is 11.8 Å². The molecule has 0 unspecified atom stereocenters. The average Bonchev–Trinajstić information content (AvgIpc) is 3.49. The van der Waals surface area contributed by atoms with E-state index in [0.717, 1.165) is 48.9 Å². The van der Waals surface area contributed by atoms with Gasteiger partial charge in [-0.05, 0) is 54.3 Å². The summed E-state index contributed by atoms with van der Waals surface area (Å²) in [6.45, 7) is 3.63. The van der Waals surface area contributed by atoms with Crippen LogP contribution in [0.1, 0.15) is 10.5 Å². The summed E-state index contributed by atoms with van der Waals surface area (Å²) in [5, 5.41) is 8.14. The SMILES string of the molecule is COc1ccc(-c2cc(C(=O)N3C[C@H]4CNC[C@H]4C3)nn2-c2ccccc2)cc1. The number of amides is 1. The molecule has 0 saturated carbocycles. The first-order valence-corrected chi connectivity index (χ1v) is 10.0. The summed E-state index contributed by atoms with van der Waals surface area (Å²) in [7, 11) is 1.65. The van der Waals surface area contributed by atoms with Gasteiger partial charge in [0.15, 0.2) is 5.69 Å². The lowest BCUT2D eigenvalue weighted by molar-refractivity contribution is 0.0775. The van der Waals surface area contributed by atoms with Gasteiger partial charge in [-0.1, -0.05) is 18.2 Å². The quantitative estimate of drug-likeness (QED) is 0.747. The molecule has 6 heteroatoms. The van der Waals surface area contributed by atoms with Gasteiger partial charge in [-0.15, -0.1) is 0 Å². The third-order valence-corrected chi connectivity index (χ3v) is 5.99. The van der Waals surface area contributed by atoms with E-state index in [1.807, 2.05) is 70.2 Å². The molecule has 1 N–H and O–H groups in total. The van der Waals surface area contributed by atoms with Crippen molar-refractivity contribution >= 4 is 5.91 Å². The fourth-order valence-corrected chi connectivity index (χ4v) is 4.40. The van der Waals surface area contributed by atoms with Crippen LogP contribution >= 0.6 is 0 Å². The molecule has 3 heterocycles. The second-order valence-electron chi connectivity index (χ2n) is 7.78. The molecule has 148 valence electrons. The highest BCUT2D eigenvalue weighted by atomic mass is 16.5. The zero-order valence-electron chi connectivity index (χ0n) is 16.4. The Morgan fingerprint density at radius 3 is 2.38 bits per heavy atom. The number of methoxy groups -OCH3 is 1. The molecule has 2 aliphatic rings. The topological polar surface area (TPSA) is 59.4 Å². The molecule has 0 radical (unpaired) electrons. The lowest BCUT2D eigenvalue weighted by Crippen LogP contribution is -2.32. The first kappa shape index (κ1) is 17.9. The third kappa shape index (κ3) is 3.29. The maximum absolute atomic E-state index is 13.2. The number of ether oxygens (including phenoxy) is 1. The largest absolute Gasteiger partial charge is 0.497 e. The van der Waals surface area contributed by atoms with E-state index in [1.165, 1.54) is 0 Å². The van der Waals surface area contributed by atoms with Crippen molar-refractivity contribution in [3.05, 3.63) is 66.4 Å². The van der Waals surface area contributed by atoms with E-state index in [9.17, 15) is 4.79 Å². The summed E-state index contributed by atoms with van der Waals surface area (Å²) in [6, 6.07) is 19.7. The Balaban J connectivity index is 1.51. The fraction of sp³-hybridized carbons (Fsp3) is 0.304. The van der Waals surface area contributed by atoms with E-state index in [-0.39, 0.29) is 5.91 Å². The Bertz CT molecular complexity index is 1000. The van der Waals surface area contributed by atoms with Gasteiger partial charge in [-0.2, -0.15) is 5.10 Å². The summed E-state index contributed by atoms with van der Waals surface area (Å²) in [6.07, 6.45) is 0.